The Morgan fingerprint density at radius 1 is 1.47 bits per heavy atom. The Labute approximate surface area is 115 Å². The lowest BCUT2D eigenvalue weighted by Gasteiger charge is -2.43. The second-order valence-electron chi connectivity index (χ2n) is 5.67. The fourth-order valence-corrected chi connectivity index (χ4v) is 2.72. The van der Waals surface area contributed by atoms with Crippen LogP contribution in [0.2, 0.25) is 0 Å². The predicted octanol–water partition coefficient (Wildman–Crippen LogP) is 1.75. The molecule has 1 saturated heterocycles. The molecule has 19 heavy (non-hydrogen) atoms. The van der Waals surface area contributed by atoms with Crippen LogP contribution >= 0.6 is 0 Å². The van der Waals surface area contributed by atoms with E-state index in [1.54, 1.807) is 0 Å². The third kappa shape index (κ3) is 2.73. The first kappa shape index (κ1) is 13.9. The molecule has 1 amide bonds. The smallest absolute Gasteiger partial charge is 0.243 e. The highest BCUT2D eigenvalue weighted by Crippen LogP contribution is 2.30. The molecule has 2 atom stereocenters. The van der Waals surface area contributed by atoms with Crippen LogP contribution in [0.5, 0.6) is 0 Å². The van der Waals surface area contributed by atoms with Crippen LogP contribution in [0.25, 0.3) is 0 Å². The molecule has 1 aromatic rings. The quantitative estimate of drug-likeness (QED) is 0.871. The van der Waals surface area contributed by atoms with Crippen molar-refractivity contribution in [3.8, 4) is 0 Å². The second-order valence-corrected chi connectivity index (χ2v) is 5.67. The molecule has 1 aliphatic rings. The number of likely N-dealkylation sites (tertiary alicyclic amines) is 1. The van der Waals surface area contributed by atoms with Crippen molar-refractivity contribution in [1.82, 2.24) is 4.90 Å². The summed E-state index contributed by atoms with van der Waals surface area (Å²) in [5.74, 6) is -0.254. The number of hydrogen-bond donors (Lipinski definition) is 2. The molecule has 2 unspecified atom stereocenters. The van der Waals surface area contributed by atoms with Gasteiger partial charge in [0.2, 0.25) is 5.91 Å². The van der Waals surface area contributed by atoms with Gasteiger partial charge in [-0.2, -0.15) is 0 Å². The number of carbonyl (C=O) groups is 1. The maximum absolute atomic E-state index is 12.0. The molecule has 3 N–H and O–H groups in total. The van der Waals surface area contributed by atoms with Crippen LogP contribution in [0.4, 0.5) is 5.69 Å². The van der Waals surface area contributed by atoms with E-state index in [0.29, 0.717) is 6.04 Å². The number of rotatable bonds is 3. The summed E-state index contributed by atoms with van der Waals surface area (Å²) >= 11 is 0. The number of primary amides is 1. The van der Waals surface area contributed by atoms with Gasteiger partial charge in [-0.15, -0.1) is 0 Å². The Bertz CT molecular complexity index is 474. The molecule has 0 aromatic heterocycles. The first-order valence-corrected chi connectivity index (χ1v) is 6.78. The van der Waals surface area contributed by atoms with Crippen molar-refractivity contribution in [1.29, 1.82) is 0 Å². The van der Waals surface area contributed by atoms with Gasteiger partial charge >= 0.3 is 0 Å². The van der Waals surface area contributed by atoms with E-state index in [4.69, 9.17) is 5.73 Å². The van der Waals surface area contributed by atoms with Crippen molar-refractivity contribution in [2.75, 3.05) is 18.9 Å². The fourth-order valence-electron chi connectivity index (χ4n) is 2.72. The number of para-hydroxylation sites is 1. The summed E-state index contributed by atoms with van der Waals surface area (Å²) < 4.78 is 0. The minimum absolute atomic E-state index is 0.254. The van der Waals surface area contributed by atoms with Gasteiger partial charge in [-0.05, 0) is 45.4 Å². The van der Waals surface area contributed by atoms with Gasteiger partial charge in [-0.25, -0.2) is 0 Å². The summed E-state index contributed by atoms with van der Waals surface area (Å²) in [4.78, 5) is 14.3. The van der Waals surface area contributed by atoms with Crippen LogP contribution in [0.1, 0.15) is 25.3 Å². The van der Waals surface area contributed by atoms with E-state index >= 15 is 0 Å². The molecule has 0 saturated carbocycles. The van der Waals surface area contributed by atoms with E-state index in [2.05, 4.69) is 24.2 Å². The number of amides is 1. The van der Waals surface area contributed by atoms with Crippen molar-refractivity contribution in [2.45, 2.75) is 38.3 Å². The van der Waals surface area contributed by atoms with Gasteiger partial charge in [0.05, 0.1) is 0 Å². The molecule has 1 aromatic carbocycles. The molecular formula is C15H23N3O. The number of anilines is 1. The largest absolute Gasteiger partial charge is 0.371 e. The molecular weight excluding hydrogens is 238 g/mol. The molecule has 0 radical (unpaired) electrons. The van der Waals surface area contributed by atoms with Crippen LogP contribution in [-0.2, 0) is 4.79 Å². The summed E-state index contributed by atoms with van der Waals surface area (Å²) in [7, 11) is 2.09. The monoisotopic (exact) mass is 261 g/mol. The Balaban J connectivity index is 2.26. The first-order chi connectivity index (χ1) is 8.94. The fraction of sp³-hybridized carbons (Fsp3) is 0.533. The molecule has 1 aliphatic heterocycles. The van der Waals surface area contributed by atoms with Gasteiger partial charge < -0.3 is 16.0 Å². The number of aryl methyl sites for hydroxylation is 1. The Morgan fingerprint density at radius 3 is 2.74 bits per heavy atom. The highest BCUT2D eigenvalue weighted by atomic mass is 16.1. The molecule has 104 valence electrons. The molecule has 2 rings (SSSR count). The Hall–Kier alpha value is -1.55. The van der Waals surface area contributed by atoms with Crippen LogP contribution in [0.3, 0.4) is 0 Å². The van der Waals surface area contributed by atoms with E-state index in [9.17, 15) is 4.79 Å². The zero-order valence-electron chi connectivity index (χ0n) is 11.9. The van der Waals surface area contributed by atoms with E-state index in [0.717, 1.165) is 30.6 Å². The number of piperidine rings is 1. The number of hydrogen-bond acceptors (Lipinski definition) is 3. The lowest BCUT2D eigenvalue weighted by molar-refractivity contribution is -0.124. The van der Waals surface area contributed by atoms with E-state index < -0.39 is 5.54 Å². The zero-order chi connectivity index (χ0) is 14.0. The first-order valence-electron chi connectivity index (χ1n) is 6.78. The summed E-state index contributed by atoms with van der Waals surface area (Å²) in [5, 5.41) is 3.41. The molecule has 4 nitrogen and oxygen atoms in total. The second kappa shape index (κ2) is 5.21. The topological polar surface area (TPSA) is 58.4 Å². The number of nitrogens with one attached hydrogen (secondary N) is 1. The summed E-state index contributed by atoms with van der Waals surface area (Å²) in [5.41, 5.74) is 7.19. The van der Waals surface area contributed by atoms with Crippen LogP contribution in [0, 0.1) is 6.92 Å². The average Bonchev–Trinajstić information content (AvgIpc) is 2.36. The summed E-state index contributed by atoms with van der Waals surface area (Å²) in [6.45, 7) is 5.05. The molecule has 0 spiro atoms. The van der Waals surface area contributed by atoms with E-state index in [1.807, 2.05) is 31.2 Å². The molecule has 0 bridgehead atoms. The maximum Gasteiger partial charge on any atom is 0.243 e. The van der Waals surface area contributed by atoms with Gasteiger partial charge in [0.15, 0.2) is 0 Å². The van der Waals surface area contributed by atoms with Gasteiger partial charge in [0, 0.05) is 18.3 Å². The Morgan fingerprint density at radius 2 is 2.16 bits per heavy atom. The van der Waals surface area contributed by atoms with E-state index in [1.165, 1.54) is 0 Å². The lowest BCUT2D eigenvalue weighted by Crippen LogP contribution is -2.59. The summed E-state index contributed by atoms with van der Waals surface area (Å²) in [6.07, 6.45) is 1.49. The SMILES string of the molecule is Cc1ccccc1NC1(C(N)=O)CCN(C)C(C)C1. The van der Waals surface area contributed by atoms with Crippen molar-refractivity contribution < 1.29 is 4.79 Å². The minimum Gasteiger partial charge on any atom is -0.371 e. The van der Waals surface area contributed by atoms with Gasteiger partial charge in [-0.3, -0.25) is 4.79 Å². The van der Waals surface area contributed by atoms with Crippen molar-refractivity contribution in [3.63, 3.8) is 0 Å². The predicted molar refractivity (Wildman–Crippen MR) is 78.1 cm³/mol. The van der Waals surface area contributed by atoms with Crippen molar-refractivity contribution in [3.05, 3.63) is 29.8 Å². The maximum atomic E-state index is 12.0. The van der Waals surface area contributed by atoms with Crippen LogP contribution < -0.4 is 11.1 Å². The molecule has 1 fully saturated rings. The van der Waals surface area contributed by atoms with Gasteiger partial charge in [0.25, 0.3) is 0 Å². The number of nitrogens with two attached hydrogens (primary N) is 1. The van der Waals surface area contributed by atoms with Crippen LogP contribution in [-0.4, -0.2) is 36.0 Å². The highest BCUT2D eigenvalue weighted by Gasteiger charge is 2.42. The normalized spacial score (nSPS) is 28.1. The highest BCUT2D eigenvalue weighted by molar-refractivity contribution is 5.88. The number of carbonyl (C=O) groups excluding carboxylic acids is 1. The number of benzene rings is 1. The average molecular weight is 261 g/mol. The lowest BCUT2D eigenvalue weighted by atomic mass is 9.82. The summed E-state index contributed by atoms with van der Waals surface area (Å²) in [6, 6.07) is 8.35. The van der Waals surface area contributed by atoms with E-state index in [-0.39, 0.29) is 5.91 Å². The Kier molecular flexibility index (Phi) is 3.80. The molecule has 4 heteroatoms. The van der Waals surface area contributed by atoms with Crippen molar-refractivity contribution >= 4 is 11.6 Å². The number of nitrogens with zero attached hydrogens (tertiary/aromatic N) is 1. The van der Waals surface area contributed by atoms with Crippen molar-refractivity contribution in [2.24, 2.45) is 5.73 Å². The van der Waals surface area contributed by atoms with Gasteiger partial charge in [0.1, 0.15) is 5.54 Å². The van der Waals surface area contributed by atoms with Crippen LogP contribution in [0.15, 0.2) is 24.3 Å². The standard InChI is InChI=1S/C15H23N3O/c1-11-6-4-5-7-13(11)17-15(14(16)19)8-9-18(3)12(2)10-15/h4-7,12,17H,8-10H2,1-3H3,(H2,16,19). The molecule has 0 aliphatic carbocycles. The third-order valence-electron chi connectivity index (χ3n) is 4.28. The zero-order valence-corrected chi connectivity index (χ0v) is 11.9. The third-order valence-corrected chi connectivity index (χ3v) is 4.28. The van der Waals surface area contributed by atoms with Gasteiger partial charge in [-0.1, -0.05) is 18.2 Å². The minimum atomic E-state index is -0.627. The molecule has 1 heterocycles.